The average molecular weight is 670 g/mol. The third kappa shape index (κ3) is 5.75. The van der Waals surface area contributed by atoms with Crippen molar-refractivity contribution in [2.75, 3.05) is 7.11 Å². The van der Waals surface area contributed by atoms with Crippen molar-refractivity contribution in [3.8, 4) is 17.1 Å². The zero-order valence-corrected chi connectivity index (χ0v) is 27.9. The summed E-state index contributed by atoms with van der Waals surface area (Å²) < 4.78 is 44.9. The maximum absolute atomic E-state index is 13.7. The van der Waals surface area contributed by atoms with Gasteiger partial charge in [0.25, 0.3) is 0 Å². The Hall–Kier alpha value is -4.38. The molecule has 9 nitrogen and oxygen atoms in total. The van der Waals surface area contributed by atoms with Crippen LogP contribution in [0.1, 0.15) is 73.9 Å². The van der Waals surface area contributed by atoms with E-state index in [-0.39, 0.29) is 40.6 Å². The Bertz CT molecular complexity index is 1870. The number of pyridine rings is 1. The summed E-state index contributed by atoms with van der Waals surface area (Å²) in [5.74, 6) is -1.55. The van der Waals surface area contributed by atoms with Gasteiger partial charge in [0, 0.05) is 42.6 Å². The second kappa shape index (κ2) is 12.8. The minimum absolute atomic E-state index is 0.0372. The molecule has 49 heavy (non-hydrogen) atoms. The van der Waals surface area contributed by atoms with Gasteiger partial charge in [0.15, 0.2) is 6.29 Å². The van der Waals surface area contributed by atoms with E-state index in [0.717, 1.165) is 5.56 Å². The van der Waals surface area contributed by atoms with Crippen LogP contribution in [-0.2, 0) is 14.2 Å². The number of carbonyl (C=O) groups is 1. The number of aromatic nitrogens is 1. The fourth-order valence-corrected chi connectivity index (χ4v) is 8.82. The average Bonchev–Trinajstić information content (AvgIpc) is 3.09. The van der Waals surface area contributed by atoms with Gasteiger partial charge in [-0.2, -0.15) is 0 Å². The van der Waals surface area contributed by atoms with E-state index in [4.69, 9.17) is 23.4 Å². The predicted octanol–water partition coefficient (Wildman–Crippen LogP) is 7.05. The minimum Gasteiger partial charge on any atom is -0.482 e. The highest BCUT2D eigenvalue weighted by atomic mass is 19.1. The summed E-state index contributed by atoms with van der Waals surface area (Å²) in [6.07, 6.45) is 1.99. The van der Waals surface area contributed by atoms with E-state index >= 15 is 0 Å². The van der Waals surface area contributed by atoms with E-state index in [1.165, 1.54) is 24.3 Å². The highest BCUT2D eigenvalue weighted by molar-refractivity contribution is 5.89. The summed E-state index contributed by atoms with van der Waals surface area (Å²) in [4.78, 5) is 31.4. The summed E-state index contributed by atoms with van der Waals surface area (Å²) in [6, 6.07) is 20.0. The Morgan fingerprint density at radius 3 is 2.53 bits per heavy atom. The quantitative estimate of drug-likeness (QED) is 0.163. The van der Waals surface area contributed by atoms with Crippen molar-refractivity contribution in [1.82, 2.24) is 4.98 Å². The second-order valence-corrected chi connectivity index (χ2v) is 13.9. The zero-order chi connectivity index (χ0) is 34.5. The molecule has 2 aromatic heterocycles. The molecule has 2 fully saturated rings. The SMILES string of the molecule is COC(OC1CCC2(C)C(CC(OC(=O)c3ccc(F)cc3)C3(C)Oc4cc(-c5cccnc5)oc(=O)c4C(O)C23)C1C)c1ccccc1. The molecule has 2 aliphatic carbocycles. The topological polar surface area (TPSA) is 117 Å². The van der Waals surface area contributed by atoms with E-state index < -0.39 is 52.8 Å². The number of aliphatic hydroxyl groups excluding tert-OH is 1. The van der Waals surface area contributed by atoms with Crippen molar-refractivity contribution in [3.05, 3.63) is 118 Å². The third-order valence-corrected chi connectivity index (χ3v) is 11.2. The summed E-state index contributed by atoms with van der Waals surface area (Å²) in [5, 5.41) is 12.3. The summed E-state index contributed by atoms with van der Waals surface area (Å²) in [5.41, 5.74) is -0.817. The van der Waals surface area contributed by atoms with Crippen LogP contribution in [-0.4, -0.2) is 41.0 Å². The number of rotatable bonds is 7. The van der Waals surface area contributed by atoms with Gasteiger partial charge < -0.3 is 28.5 Å². The van der Waals surface area contributed by atoms with Gasteiger partial charge in [0.1, 0.15) is 34.6 Å². The fourth-order valence-electron chi connectivity index (χ4n) is 8.82. The maximum atomic E-state index is 13.7. The van der Waals surface area contributed by atoms with E-state index in [1.807, 2.05) is 37.3 Å². The number of carbonyl (C=O) groups excluding carboxylic acids is 1. The van der Waals surface area contributed by atoms with Gasteiger partial charge in [-0.25, -0.2) is 14.0 Å². The van der Waals surface area contributed by atoms with Crippen LogP contribution in [0.4, 0.5) is 4.39 Å². The number of esters is 1. The number of nitrogens with zero attached hydrogens (tertiary/aromatic N) is 1. The Morgan fingerprint density at radius 2 is 1.84 bits per heavy atom. The molecule has 1 aliphatic heterocycles. The highest BCUT2D eigenvalue weighted by Gasteiger charge is 2.68. The van der Waals surface area contributed by atoms with Crippen molar-refractivity contribution in [3.63, 3.8) is 0 Å². The lowest BCUT2D eigenvalue weighted by Crippen LogP contribution is -2.69. The Balaban J connectivity index is 1.28. The van der Waals surface area contributed by atoms with E-state index in [2.05, 4.69) is 18.8 Å². The molecule has 3 heterocycles. The number of hydrogen-bond donors (Lipinski definition) is 1. The van der Waals surface area contributed by atoms with Crippen molar-refractivity contribution in [1.29, 1.82) is 0 Å². The second-order valence-electron chi connectivity index (χ2n) is 13.9. The summed E-state index contributed by atoms with van der Waals surface area (Å²) >= 11 is 0. The smallest absolute Gasteiger partial charge is 0.345 e. The van der Waals surface area contributed by atoms with Gasteiger partial charge in [-0.3, -0.25) is 4.98 Å². The maximum Gasteiger partial charge on any atom is 0.345 e. The molecule has 2 aromatic carbocycles. The molecule has 9 unspecified atom stereocenters. The first-order valence-electron chi connectivity index (χ1n) is 16.7. The third-order valence-electron chi connectivity index (χ3n) is 11.2. The van der Waals surface area contributed by atoms with Gasteiger partial charge in [0.2, 0.25) is 0 Å². The number of aliphatic hydroxyl groups is 1. The van der Waals surface area contributed by atoms with E-state index in [1.54, 1.807) is 37.7 Å². The van der Waals surface area contributed by atoms with Crippen molar-refractivity contribution in [2.45, 2.75) is 70.2 Å². The predicted molar refractivity (Wildman–Crippen MR) is 177 cm³/mol. The molecule has 4 aromatic rings. The molecule has 0 amide bonds. The lowest BCUT2D eigenvalue weighted by Gasteiger charge is -2.64. The Morgan fingerprint density at radius 1 is 1.08 bits per heavy atom. The molecular weight excluding hydrogens is 629 g/mol. The number of benzene rings is 2. The van der Waals surface area contributed by atoms with Crippen LogP contribution < -0.4 is 10.4 Å². The lowest BCUT2D eigenvalue weighted by molar-refractivity contribution is -0.258. The van der Waals surface area contributed by atoms with Crippen LogP contribution in [0.3, 0.4) is 0 Å². The van der Waals surface area contributed by atoms with Crippen LogP contribution in [0, 0.1) is 29.0 Å². The first kappa shape index (κ1) is 33.1. The number of ether oxygens (including phenoxy) is 4. The van der Waals surface area contributed by atoms with Crippen molar-refractivity contribution < 1.29 is 37.7 Å². The number of fused-ring (bicyclic) bond motifs is 4. The van der Waals surface area contributed by atoms with Crippen LogP contribution in [0.5, 0.6) is 5.75 Å². The van der Waals surface area contributed by atoms with Crippen molar-refractivity contribution >= 4 is 5.97 Å². The normalized spacial score (nSPS) is 31.0. The number of hydrogen-bond acceptors (Lipinski definition) is 9. The summed E-state index contributed by atoms with van der Waals surface area (Å²) in [6.45, 7) is 6.08. The Labute approximate surface area is 284 Å². The Kier molecular flexibility index (Phi) is 8.67. The van der Waals surface area contributed by atoms with Crippen LogP contribution >= 0.6 is 0 Å². The van der Waals surface area contributed by atoms with Crippen molar-refractivity contribution in [2.24, 2.45) is 23.2 Å². The van der Waals surface area contributed by atoms with Crippen LogP contribution in [0.15, 0.2) is 94.4 Å². The first-order chi connectivity index (χ1) is 23.5. The largest absolute Gasteiger partial charge is 0.482 e. The molecule has 2 saturated carbocycles. The van der Waals surface area contributed by atoms with E-state index in [0.29, 0.717) is 24.8 Å². The molecule has 256 valence electrons. The highest BCUT2D eigenvalue weighted by Crippen LogP contribution is 2.65. The molecule has 10 heteroatoms. The van der Waals surface area contributed by atoms with Gasteiger partial charge >= 0.3 is 11.6 Å². The molecule has 0 bridgehead atoms. The van der Waals surface area contributed by atoms with Crippen LogP contribution in [0.2, 0.25) is 0 Å². The molecule has 0 spiro atoms. The lowest BCUT2D eigenvalue weighted by atomic mass is 9.46. The van der Waals surface area contributed by atoms with Gasteiger partial charge in [-0.1, -0.05) is 44.2 Å². The van der Waals surface area contributed by atoms with Gasteiger partial charge in [-0.05, 0) is 79.8 Å². The number of methoxy groups -OCH3 is 1. The monoisotopic (exact) mass is 669 g/mol. The van der Waals surface area contributed by atoms with E-state index in [9.17, 15) is 19.1 Å². The standard InChI is InChI=1S/C39H40FNO8/c1-22-27-19-31(48-35(43)23-12-14-26(40)15-13-23)39(3)34(38(27,2)17-16-28(22)47-37(45-4)24-9-6-5-7-10-24)33(42)32-30(49-39)20-29(46-36(32)44)25-11-8-18-41-21-25/h5-15,18,20-22,27-28,31,33-34,37,42H,16-17,19H2,1-4H3. The summed E-state index contributed by atoms with van der Waals surface area (Å²) in [7, 11) is 1.62. The van der Waals surface area contributed by atoms with Crippen LogP contribution in [0.25, 0.3) is 11.3 Å². The molecule has 1 N–H and O–H groups in total. The van der Waals surface area contributed by atoms with Gasteiger partial charge in [0.05, 0.1) is 17.8 Å². The minimum atomic E-state index is -1.28. The molecule has 0 radical (unpaired) electrons. The number of halogens is 1. The molecular formula is C39H40FNO8. The van der Waals surface area contributed by atoms with Gasteiger partial charge in [-0.15, -0.1) is 0 Å². The molecule has 3 aliphatic rings. The molecule has 9 atom stereocenters. The zero-order valence-electron chi connectivity index (χ0n) is 27.9. The molecule has 7 rings (SSSR count). The fraction of sp³-hybridized carbons (Fsp3) is 0.410. The first-order valence-corrected chi connectivity index (χ1v) is 16.7. The molecule has 0 saturated heterocycles.